The van der Waals surface area contributed by atoms with E-state index in [1.807, 2.05) is 6.92 Å². The predicted octanol–water partition coefficient (Wildman–Crippen LogP) is 3.04. The highest BCUT2D eigenvalue weighted by atomic mass is 35.5. The summed E-state index contributed by atoms with van der Waals surface area (Å²) in [5.74, 6) is -0.456. The van der Waals surface area contributed by atoms with Crippen molar-refractivity contribution >= 4 is 17.5 Å². The number of hydrogen-bond acceptors (Lipinski definition) is 1. The Morgan fingerprint density at radius 3 is 2.76 bits per heavy atom. The minimum absolute atomic E-state index is 0.0689. The fourth-order valence-corrected chi connectivity index (χ4v) is 2.19. The van der Waals surface area contributed by atoms with Crippen LogP contribution in [0.1, 0.15) is 31.7 Å². The molecule has 0 bridgehead atoms. The van der Waals surface area contributed by atoms with Crippen LogP contribution in [0.15, 0.2) is 18.2 Å². The molecule has 1 aliphatic rings. The summed E-state index contributed by atoms with van der Waals surface area (Å²) < 4.78 is 13.8. The minimum atomic E-state index is -0.649. The fourth-order valence-electron chi connectivity index (χ4n) is 2.03. The number of rotatable bonds is 4. The van der Waals surface area contributed by atoms with Crippen LogP contribution in [0.5, 0.6) is 0 Å². The van der Waals surface area contributed by atoms with Crippen LogP contribution in [0.3, 0.4) is 0 Å². The van der Waals surface area contributed by atoms with Gasteiger partial charge in [0.1, 0.15) is 5.82 Å². The Labute approximate surface area is 105 Å². The van der Waals surface area contributed by atoms with E-state index < -0.39 is 5.41 Å². The SMILES string of the molecule is CCCNC(=O)C1(c2ccc(Cl)cc2F)CC1. The van der Waals surface area contributed by atoms with Crippen molar-refractivity contribution in [2.75, 3.05) is 6.54 Å². The van der Waals surface area contributed by atoms with Gasteiger partial charge in [0, 0.05) is 17.1 Å². The molecule has 17 heavy (non-hydrogen) atoms. The lowest BCUT2D eigenvalue weighted by molar-refractivity contribution is -0.123. The topological polar surface area (TPSA) is 29.1 Å². The number of hydrogen-bond donors (Lipinski definition) is 1. The third-order valence-electron chi connectivity index (χ3n) is 3.17. The van der Waals surface area contributed by atoms with E-state index in [2.05, 4.69) is 5.32 Å². The number of carbonyl (C=O) groups excluding carboxylic acids is 1. The highest BCUT2D eigenvalue weighted by Gasteiger charge is 2.52. The monoisotopic (exact) mass is 255 g/mol. The molecule has 0 unspecified atom stereocenters. The number of halogens is 2. The van der Waals surface area contributed by atoms with Crippen LogP contribution in [-0.4, -0.2) is 12.5 Å². The molecule has 1 amide bonds. The van der Waals surface area contributed by atoms with Crippen molar-refractivity contribution in [3.8, 4) is 0 Å². The first-order valence-corrected chi connectivity index (χ1v) is 6.22. The average molecular weight is 256 g/mol. The maximum absolute atomic E-state index is 13.8. The number of amides is 1. The molecule has 1 fully saturated rings. The fraction of sp³-hybridized carbons (Fsp3) is 0.462. The van der Waals surface area contributed by atoms with Crippen molar-refractivity contribution in [3.05, 3.63) is 34.6 Å². The molecule has 1 N–H and O–H groups in total. The zero-order chi connectivity index (χ0) is 12.5. The van der Waals surface area contributed by atoms with E-state index in [4.69, 9.17) is 11.6 Å². The number of benzene rings is 1. The van der Waals surface area contributed by atoms with Gasteiger partial charge < -0.3 is 5.32 Å². The quantitative estimate of drug-likeness (QED) is 0.880. The molecule has 1 saturated carbocycles. The molecule has 0 aromatic heterocycles. The van der Waals surface area contributed by atoms with E-state index in [-0.39, 0.29) is 11.7 Å². The highest BCUT2D eigenvalue weighted by molar-refractivity contribution is 6.30. The molecule has 0 radical (unpaired) electrons. The maximum Gasteiger partial charge on any atom is 0.230 e. The van der Waals surface area contributed by atoms with Gasteiger partial charge in [-0.1, -0.05) is 24.6 Å². The second kappa shape index (κ2) is 4.65. The van der Waals surface area contributed by atoms with Crippen LogP contribution in [0.4, 0.5) is 4.39 Å². The van der Waals surface area contributed by atoms with Gasteiger partial charge in [0.25, 0.3) is 0 Å². The van der Waals surface area contributed by atoms with Gasteiger partial charge in [-0.05, 0) is 31.4 Å². The molecule has 2 rings (SSSR count). The molecule has 4 heteroatoms. The summed E-state index contributed by atoms with van der Waals surface area (Å²) in [5, 5.41) is 3.19. The molecule has 1 aliphatic carbocycles. The first-order valence-electron chi connectivity index (χ1n) is 5.84. The number of carbonyl (C=O) groups is 1. The van der Waals surface area contributed by atoms with Gasteiger partial charge in [0.15, 0.2) is 0 Å². The molecular weight excluding hydrogens is 241 g/mol. The third kappa shape index (κ3) is 2.29. The summed E-state index contributed by atoms with van der Waals surface area (Å²) in [6.45, 7) is 2.62. The molecule has 1 aromatic rings. The normalized spacial score (nSPS) is 16.6. The van der Waals surface area contributed by atoms with Crippen LogP contribution in [0.2, 0.25) is 5.02 Å². The Kier molecular flexibility index (Phi) is 3.38. The van der Waals surface area contributed by atoms with Crippen LogP contribution >= 0.6 is 11.6 Å². The standard InChI is InChI=1S/C13H15ClFNO/c1-2-7-16-12(17)13(5-6-13)10-4-3-9(14)8-11(10)15/h3-4,8H,2,5-7H2,1H3,(H,16,17). The largest absolute Gasteiger partial charge is 0.355 e. The summed E-state index contributed by atoms with van der Waals surface area (Å²) in [5.41, 5.74) is -0.181. The van der Waals surface area contributed by atoms with Gasteiger partial charge >= 0.3 is 0 Å². The summed E-state index contributed by atoms with van der Waals surface area (Å²) >= 11 is 5.71. The van der Waals surface area contributed by atoms with E-state index in [9.17, 15) is 9.18 Å². The Morgan fingerprint density at radius 1 is 1.53 bits per heavy atom. The van der Waals surface area contributed by atoms with Crippen molar-refractivity contribution in [1.29, 1.82) is 0 Å². The Morgan fingerprint density at radius 2 is 2.24 bits per heavy atom. The molecule has 0 heterocycles. The second-order valence-electron chi connectivity index (χ2n) is 4.46. The molecule has 0 saturated heterocycles. The van der Waals surface area contributed by atoms with Gasteiger partial charge in [0.2, 0.25) is 5.91 Å². The lowest BCUT2D eigenvalue weighted by atomic mass is 9.94. The minimum Gasteiger partial charge on any atom is -0.355 e. The first kappa shape index (κ1) is 12.4. The molecular formula is C13H15ClFNO. The van der Waals surface area contributed by atoms with Crippen LogP contribution < -0.4 is 5.32 Å². The van der Waals surface area contributed by atoms with Crippen molar-refractivity contribution in [3.63, 3.8) is 0 Å². The van der Waals surface area contributed by atoms with Gasteiger partial charge in [-0.15, -0.1) is 0 Å². The Balaban J connectivity index is 2.23. The van der Waals surface area contributed by atoms with Gasteiger partial charge in [0.05, 0.1) is 5.41 Å². The van der Waals surface area contributed by atoms with E-state index in [0.717, 1.165) is 6.42 Å². The lowest BCUT2D eigenvalue weighted by Gasteiger charge is -2.16. The molecule has 0 aliphatic heterocycles. The van der Waals surface area contributed by atoms with Crippen LogP contribution in [-0.2, 0) is 10.2 Å². The Hall–Kier alpha value is -1.09. The second-order valence-corrected chi connectivity index (χ2v) is 4.90. The van der Waals surface area contributed by atoms with Gasteiger partial charge in [-0.25, -0.2) is 4.39 Å². The van der Waals surface area contributed by atoms with E-state index in [0.29, 0.717) is 30.0 Å². The van der Waals surface area contributed by atoms with E-state index in [1.165, 1.54) is 6.07 Å². The predicted molar refractivity (Wildman–Crippen MR) is 65.6 cm³/mol. The highest BCUT2D eigenvalue weighted by Crippen LogP contribution is 2.49. The Bertz CT molecular complexity index is 443. The summed E-state index contributed by atoms with van der Waals surface area (Å²) in [6, 6.07) is 4.52. The van der Waals surface area contributed by atoms with E-state index in [1.54, 1.807) is 12.1 Å². The van der Waals surface area contributed by atoms with Crippen molar-refractivity contribution < 1.29 is 9.18 Å². The van der Waals surface area contributed by atoms with Crippen molar-refractivity contribution in [2.45, 2.75) is 31.6 Å². The molecule has 92 valence electrons. The summed E-state index contributed by atoms with van der Waals surface area (Å²) in [6.07, 6.45) is 2.30. The molecule has 0 atom stereocenters. The van der Waals surface area contributed by atoms with Crippen LogP contribution in [0, 0.1) is 5.82 Å². The van der Waals surface area contributed by atoms with Crippen LogP contribution in [0.25, 0.3) is 0 Å². The zero-order valence-corrected chi connectivity index (χ0v) is 10.5. The first-order chi connectivity index (χ1) is 8.10. The third-order valence-corrected chi connectivity index (χ3v) is 3.40. The van der Waals surface area contributed by atoms with E-state index >= 15 is 0 Å². The summed E-state index contributed by atoms with van der Waals surface area (Å²) in [7, 11) is 0. The smallest absolute Gasteiger partial charge is 0.230 e. The van der Waals surface area contributed by atoms with Crippen molar-refractivity contribution in [1.82, 2.24) is 5.32 Å². The summed E-state index contributed by atoms with van der Waals surface area (Å²) in [4.78, 5) is 12.0. The average Bonchev–Trinajstić information content (AvgIpc) is 3.07. The molecule has 0 spiro atoms. The molecule has 1 aromatic carbocycles. The lowest BCUT2D eigenvalue weighted by Crippen LogP contribution is -2.35. The molecule has 2 nitrogen and oxygen atoms in total. The zero-order valence-electron chi connectivity index (χ0n) is 9.72. The maximum atomic E-state index is 13.8. The van der Waals surface area contributed by atoms with Gasteiger partial charge in [-0.2, -0.15) is 0 Å². The van der Waals surface area contributed by atoms with Gasteiger partial charge in [-0.3, -0.25) is 4.79 Å². The number of nitrogens with one attached hydrogen (secondary N) is 1. The van der Waals surface area contributed by atoms with Crippen molar-refractivity contribution in [2.24, 2.45) is 0 Å².